The molecule has 0 aliphatic heterocycles. The number of carbonyl (C=O) groups excluding carboxylic acids is 1. The summed E-state index contributed by atoms with van der Waals surface area (Å²) < 4.78 is 46.4. The van der Waals surface area contributed by atoms with Gasteiger partial charge in [-0.15, -0.1) is 5.10 Å². The van der Waals surface area contributed by atoms with Gasteiger partial charge < -0.3 is 10.1 Å². The molecule has 0 radical (unpaired) electrons. The minimum Gasteiger partial charge on any atom is -0.479 e. The van der Waals surface area contributed by atoms with Crippen LogP contribution in [0.4, 0.5) is 13.2 Å². The Kier molecular flexibility index (Phi) is 4.44. The van der Waals surface area contributed by atoms with E-state index in [1.807, 2.05) is 0 Å². The second kappa shape index (κ2) is 6.41. The van der Waals surface area contributed by atoms with E-state index in [1.54, 1.807) is 7.05 Å². The largest absolute Gasteiger partial charge is 0.479 e. The van der Waals surface area contributed by atoms with E-state index in [-0.39, 0.29) is 30.5 Å². The third kappa shape index (κ3) is 3.77. The molecule has 1 amide bonds. The molecule has 0 spiro atoms. The lowest BCUT2D eigenvalue weighted by atomic mass is 10.2. The Balaban J connectivity index is 1.65. The van der Waals surface area contributed by atoms with E-state index >= 15 is 0 Å². The van der Waals surface area contributed by atoms with Gasteiger partial charge in [0.1, 0.15) is 5.56 Å². The van der Waals surface area contributed by atoms with Crippen molar-refractivity contribution in [3.63, 3.8) is 0 Å². The SMILES string of the molecule is COc1nn(C)cc1C(=O)NCCn1nc(C(F)(F)F)cc1C1CC1. The number of ether oxygens (including phenoxy) is 1. The molecule has 1 saturated carbocycles. The maximum atomic E-state index is 12.9. The van der Waals surface area contributed by atoms with E-state index in [0.29, 0.717) is 5.69 Å². The van der Waals surface area contributed by atoms with Gasteiger partial charge in [-0.2, -0.15) is 18.3 Å². The minimum atomic E-state index is -4.47. The maximum Gasteiger partial charge on any atom is 0.435 e. The number of carbonyl (C=O) groups is 1. The lowest BCUT2D eigenvalue weighted by Gasteiger charge is -2.08. The zero-order valence-electron chi connectivity index (χ0n) is 13.8. The number of aromatic nitrogens is 4. The van der Waals surface area contributed by atoms with Gasteiger partial charge >= 0.3 is 6.18 Å². The number of halogens is 3. The highest BCUT2D eigenvalue weighted by Gasteiger charge is 2.37. The number of nitrogens with one attached hydrogen (secondary N) is 1. The van der Waals surface area contributed by atoms with E-state index in [0.717, 1.165) is 18.9 Å². The molecule has 2 aromatic rings. The van der Waals surface area contributed by atoms with Crippen LogP contribution >= 0.6 is 0 Å². The molecule has 1 fully saturated rings. The van der Waals surface area contributed by atoms with Crippen LogP contribution in [0.3, 0.4) is 0 Å². The van der Waals surface area contributed by atoms with Crippen molar-refractivity contribution in [2.45, 2.75) is 31.5 Å². The molecule has 10 heteroatoms. The number of rotatable bonds is 6. The van der Waals surface area contributed by atoms with Gasteiger partial charge in [-0.3, -0.25) is 14.2 Å². The summed E-state index contributed by atoms with van der Waals surface area (Å²) >= 11 is 0. The summed E-state index contributed by atoms with van der Waals surface area (Å²) in [6.45, 7) is 0.311. The van der Waals surface area contributed by atoms with Crippen molar-refractivity contribution in [2.75, 3.05) is 13.7 Å². The summed E-state index contributed by atoms with van der Waals surface area (Å²) in [6, 6.07) is 1.10. The molecule has 1 aliphatic rings. The second-order valence-electron chi connectivity index (χ2n) is 5.93. The monoisotopic (exact) mass is 357 g/mol. The summed E-state index contributed by atoms with van der Waals surface area (Å²) in [5.41, 5.74) is -0.0564. The van der Waals surface area contributed by atoms with Crippen LogP contribution in [0.15, 0.2) is 12.3 Å². The molecule has 2 heterocycles. The predicted molar refractivity (Wildman–Crippen MR) is 81.3 cm³/mol. The molecule has 1 N–H and O–H groups in total. The van der Waals surface area contributed by atoms with Gasteiger partial charge in [-0.1, -0.05) is 0 Å². The molecule has 0 aromatic carbocycles. The first-order chi connectivity index (χ1) is 11.8. The molecule has 7 nitrogen and oxygen atoms in total. The normalized spacial score (nSPS) is 14.6. The smallest absolute Gasteiger partial charge is 0.435 e. The van der Waals surface area contributed by atoms with Crippen LogP contribution in [0.5, 0.6) is 5.88 Å². The van der Waals surface area contributed by atoms with Gasteiger partial charge in [0.2, 0.25) is 5.88 Å². The Morgan fingerprint density at radius 3 is 2.72 bits per heavy atom. The molecule has 1 aliphatic carbocycles. The number of alkyl halides is 3. The van der Waals surface area contributed by atoms with E-state index in [9.17, 15) is 18.0 Å². The number of methoxy groups -OCH3 is 1. The quantitative estimate of drug-likeness (QED) is 0.858. The molecule has 3 rings (SSSR count). The Morgan fingerprint density at radius 2 is 2.12 bits per heavy atom. The van der Waals surface area contributed by atoms with E-state index in [1.165, 1.54) is 22.7 Å². The van der Waals surface area contributed by atoms with E-state index in [2.05, 4.69) is 15.5 Å². The van der Waals surface area contributed by atoms with Crippen molar-refractivity contribution in [3.8, 4) is 5.88 Å². The van der Waals surface area contributed by atoms with Gasteiger partial charge in [-0.25, -0.2) is 0 Å². The second-order valence-corrected chi connectivity index (χ2v) is 5.93. The van der Waals surface area contributed by atoms with Crippen molar-refractivity contribution < 1.29 is 22.7 Å². The first-order valence-corrected chi connectivity index (χ1v) is 7.80. The Hall–Kier alpha value is -2.52. The maximum absolute atomic E-state index is 12.9. The average molecular weight is 357 g/mol. The van der Waals surface area contributed by atoms with Crippen LogP contribution in [-0.4, -0.2) is 39.1 Å². The summed E-state index contributed by atoms with van der Waals surface area (Å²) in [5, 5.41) is 10.3. The summed E-state index contributed by atoms with van der Waals surface area (Å²) in [4.78, 5) is 12.2. The third-order valence-electron chi connectivity index (χ3n) is 3.94. The van der Waals surface area contributed by atoms with Gasteiger partial charge in [0.05, 0.1) is 13.7 Å². The molecule has 0 unspecified atom stereocenters. The number of hydrogen-bond acceptors (Lipinski definition) is 4. The van der Waals surface area contributed by atoms with Crippen LogP contribution in [0.25, 0.3) is 0 Å². The first kappa shape index (κ1) is 17.3. The van der Waals surface area contributed by atoms with Crippen LogP contribution in [0, 0.1) is 0 Å². The van der Waals surface area contributed by atoms with E-state index in [4.69, 9.17) is 4.74 Å². The third-order valence-corrected chi connectivity index (χ3v) is 3.94. The zero-order chi connectivity index (χ0) is 18.2. The molecular weight excluding hydrogens is 339 g/mol. The minimum absolute atomic E-state index is 0.123. The molecular formula is C15H18F3N5O2. The van der Waals surface area contributed by atoms with Gasteiger partial charge in [0.25, 0.3) is 5.91 Å². The number of hydrogen-bond donors (Lipinski definition) is 1. The predicted octanol–water partition coefficient (Wildman–Crippen LogP) is 1.95. The fraction of sp³-hybridized carbons (Fsp3) is 0.533. The summed E-state index contributed by atoms with van der Waals surface area (Å²) in [6.07, 6.45) is -1.23. The Labute approximate surface area is 141 Å². The lowest BCUT2D eigenvalue weighted by molar-refractivity contribution is -0.141. The molecule has 0 atom stereocenters. The van der Waals surface area contributed by atoms with Crippen molar-refractivity contribution in [3.05, 3.63) is 29.2 Å². The fourth-order valence-corrected chi connectivity index (χ4v) is 2.60. The van der Waals surface area contributed by atoms with Crippen molar-refractivity contribution in [1.29, 1.82) is 0 Å². The van der Waals surface area contributed by atoms with Crippen LogP contribution in [0.2, 0.25) is 0 Å². The highest BCUT2D eigenvalue weighted by atomic mass is 19.4. The molecule has 2 aromatic heterocycles. The zero-order valence-corrected chi connectivity index (χ0v) is 13.8. The van der Waals surface area contributed by atoms with E-state index < -0.39 is 17.8 Å². The summed E-state index contributed by atoms with van der Waals surface area (Å²) in [5.74, 6) is -0.0871. The molecule has 25 heavy (non-hydrogen) atoms. The van der Waals surface area contributed by atoms with Gasteiger partial charge in [0.15, 0.2) is 5.69 Å². The Bertz CT molecular complexity index is 777. The molecule has 0 bridgehead atoms. The van der Waals surface area contributed by atoms with Crippen molar-refractivity contribution in [2.24, 2.45) is 7.05 Å². The van der Waals surface area contributed by atoms with Crippen LogP contribution in [0.1, 0.15) is 40.5 Å². The lowest BCUT2D eigenvalue weighted by Crippen LogP contribution is -2.28. The van der Waals surface area contributed by atoms with Gasteiger partial charge in [0, 0.05) is 31.4 Å². The Morgan fingerprint density at radius 1 is 1.40 bits per heavy atom. The van der Waals surface area contributed by atoms with Crippen LogP contribution in [-0.2, 0) is 19.8 Å². The average Bonchev–Trinajstić information content (AvgIpc) is 3.17. The number of aryl methyl sites for hydroxylation is 1. The van der Waals surface area contributed by atoms with Crippen LogP contribution < -0.4 is 10.1 Å². The fourth-order valence-electron chi connectivity index (χ4n) is 2.60. The number of nitrogens with zero attached hydrogens (tertiary/aromatic N) is 4. The van der Waals surface area contributed by atoms with Crippen molar-refractivity contribution in [1.82, 2.24) is 24.9 Å². The van der Waals surface area contributed by atoms with Crippen molar-refractivity contribution >= 4 is 5.91 Å². The molecule has 136 valence electrons. The molecule has 0 saturated heterocycles. The number of amides is 1. The van der Waals surface area contributed by atoms with Gasteiger partial charge in [-0.05, 0) is 18.9 Å². The topological polar surface area (TPSA) is 74.0 Å². The highest BCUT2D eigenvalue weighted by molar-refractivity contribution is 5.96. The standard InChI is InChI=1S/C15H18F3N5O2/c1-22-8-10(14(21-22)25-2)13(24)19-5-6-23-11(9-3-4-9)7-12(20-23)15(16,17)18/h7-9H,3-6H2,1-2H3,(H,19,24). The highest BCUT2D eigenvalue weighted by Crippen LogP contribution is 2.42. The summed E-state index contributed by atoms with van der Waals surface area (Å²) in [7, 11) is 3.06. The first-order valence-electron chi connectivity index (χ1n) is 7.80.